The molecule has 0 bridgehead atoms. The molecule has 4 rings (SSSR count). The van der Waals surface area contributed by atoms with E-state index in [1.165, 1.54) is 7.11 Å². The monoisotopic (exact) mass is 464 g/mol. The maximum atomic E-state index is 12.4. The number of thiocarbonyl (C=S) groups is 1. The molecule has 2 unspecified atom stereocenters. The van der Waals surface area contributed by atoms with E-state index in [9.17, 15) is 9.59 Å². The molecule has 0 spiro atoms. The van der Waals surface area contributed by atoms with Crippen LogP contribution in [0.3, 0.4) is 0 Å². The summed E-state index contributed by atoms with van der Waals surface area (Å²) in [7, 11) is 1.35. The number of rotatable bonds is 7. The fourth-order valence-corrected chi connectivity index (χ4v) is 4.32. The summed E-state index contributed by atoms with van der Waals surface area (Å²) >= 11 is 5.61. The molecule has 0 aliphatic carbocycles. The number of hydrogen-bond acceptors (Lipinski definition) is 6. The Hall–Kier alpha value is -3.72. The Morgan fingerprint density at radius 3 is 2.73 bits per heavy atom. The second-order valence-electron chi connectivity index (χ2n) is 7.40. The lowest BCUT2D eigenvalue weighted by Gasteiger charge is -2.28. The number of aromatic nitrogens is 2. The fourth-order valence-electron chi connectivity index (χ4n) is 4.01. The van der Waals surface area contributed by atoms with Gasteiger partial charge in [-0.1, -0.05) is 12.1 Å². The van der Waals surface area contributed by atoms with Crippen LogP contribution < -0.4 is 5.32 Å². The molecular formula is C24H24N4O4S. The second kappa shape index (κ2) is 9.83. The van der Waals surface area contributed by atoms with E-state index in [1.807, 2.05) is 52.1 Å². The molecule has 0 amide bonds. The molecule has 8 nitrogen and oxygen atoms in total. The van der Waals surface area contributed by atoms with Crippen molar-refractivity contribution in [2.45, 2.75) is 19.0 Å². The Kier molecular flexibility index (Phi) is 6.69. The van der Waals surface area contributed by atoms with Gasteiger partial charge in [-0.2, -0.15) is 0 Å². The first-order chi connectivity index (χ1) is 16.0. The summed E-state index contributed by atoms with van der Waals surface area (Å²) in [6.45, 7) is 2.06. The van der Waals surface area contributed by atoms with Crippen molar-refractivity contribution in [2.75, 3.05) is 20.3 Å². The highest BCUT2D eigenvalue weighted by molar-refractivity contribution is 7.80. The van der Waals surface area contributed by atoms with Crippen molar-refractivity contribution in [3.8, 4) is 5.69 Å². The lowest BCUT2D eigenvalue weighted by atomic mass is 10.0. The van der Waals surface area contributed by atoms with Crippen LogP contribution in [0.15, 0.2) is 67.0 Å². The SMILES string of the molecule is CCOC(=O)CN1C(=S)NC(c2ccccn2)C1c1cccn1-c1cccc(C(=O)OC)c1. The average molecular weight is 465 g/mol. The predicted molar refractivity (Wildman–Crippen MR) is 126 cm³/mol. The van der Waals surface area contributed by atoms with E-state index in [-0.39, 0.29) is 31.2 Å². The van der Waals surface area contributed by atoms with E-state index in [2.05, 4.69) is 10.3 Å². The summed E-state index contributed by atoms with van der Waals surface area (Å²) in [5.41, 5.74) is 2.91. The number of carbonyl (C=O) groups excluding carboxylic acids is 2. The number of benzene rings is 1. The zero-order chi connectivity index (χ0) is 23.4. The molecule has 33 heavy (non-hydrogen) atoms. The summed E-state index contributed by atoms with van der Waals surface area (Å²) in [6.07, 6.45) is 3.63. The van der Waals surface area contributed by atoms with E-state index >= 15 is 0 Å². The largest absolute Gasteiger partial charge is 0.465 e. The van der Waals surface area contributed by atoms with Crippen molar-refractivity contribution in [2.24, 2.45) is 0 Å². The minimum absolute atomic E-state index is 0.00105. The zero-order valence-corrected chi connectivity index (χ0v) is 19.1. The van der Waals surface area contributed by atoms with Crippen molar-refractivity contribution in [3.63, 3.8) is 0 Å². The smallest absolute Gasteiger partial charge is 0.337 e. The fraction of sp³-hybridized carbons (Fsp3) is 0.250. The van der Waals surface area contributed by atoms with Gasteiger partial charge >= 0.3 is 11.9 Å². The van der Waals surface area contributed by atoms with Crippen molar-refractivity contribution < 1.29 is 19.1 Å². The summed E-state index contributed by atoms with van der Waals surface area (Å²) < 4.78 is 12.0. The van der Waals surface area contributed by atoms with E-state index in [0.29, 0.717) is 10.7 Å². The molecule has 170 valence electrons. The van der Waals surface area contributed by atoms with Gasteiger partial charge in [-0.05, 0) is 61.6 Å². The molecule has 3 aromatic rings. The number of nitrogens with zero attached hydrogens (tertiary/aromatic N) is 3. The third-order valence-corrected chi connectivity index (χ3v) is 5.78. The summed E-state index contributed by atoms with van der Waals surface area (Å²) in [4.78, 5) is 30.8. The Balaban J connectivity index is 1.78. The van der Waals surface area contributed by atoms with Gasteiger partial charge in [-0.25, -0.2) is 4.79 Å². The molecule has 1 saturated heterocycles. The number of esters is 2. The van der Waals surface area contributed by atoms with Crippen molar-refractivity contribution in [1.82, 2.24) is 19.8 Å². The third-order valence-electron chi connectivity index (χ3n) is 5.43. The van der Waals surface area contributed by atoms with Gasteiger partial charge in [-0.15, -0.1) is 0 Å². The summed E-state index contributed by atoms with van der Waals surface area (Å²) in [5, 5.41) is 3.77. The van der Waals surface area contributed by atoms with Crippen LogP contribution in [0, 0.1) is 0 Å². The van der Waals surface area contributed by atoms with Gasteiger partial charge < -0.3 is 24.3 Å². The quantitative estimate of drug-likeness (QED) is 0.422. The summed E-state index contributed by atoms with van der Waals surface area (Å²) in [5.74, 6) is -0.774. The Morgan fingerprint density at radius 2 is 2.00 bits per heavy atom. The number of ether oxygens (including phenoxy) is 2. The van der Waals surface area contributed by atoms with Gasteiger partial charge in [0, 0.05) is 23.8 Å². The van der Waals surface area contributed by atoms with Crippen LogP contribution in [0.5, 0.6) is 0 Å². The Bertz CT molecular complexity index is 1160. The number of carbonyl (C=O) groups is 2. The first-order valence-corrected chi connectivity index (χ1v) is 10.9. The molecule has 2 atom stereocenters. The lowest BCUT2D eigenvalue weighted by molar-refractivity contribution is -0.143. The second-order valence-corrected chi connectivity index (χ2v) is 7.79. The number of pyridine rings is 1. The molecular weight excluding hydrogens is 440 g/mol. The molecule has 9 heteroatoms. The van der Waals surface area contributed by atoms with Crippen molar-refractivity contribution in [3.05, 3.63) is 83.9 Å². The third kappa shape index (κ3) is 4.58. The molecule has 1 aliphatic heterocycles. The highest BCUT2D eigenvalue weighted by Gasteiger charge is 2.42. The molecule has 1 N–H and O–H groups in total. The first kappa shape index (κ1) is 22.5. The van der Waals surface area contributed by atoms with Crippen LogP contribution >= 0.6 is 12.2 Å². The molecule has 0 saturated carbocycles. The molecule has 1 aliphatic rings. The van der Waals surface area contributed by atoms with Crippen molar-refractivity contribution in [1.29, 1.82) is 0 Å². The van der Waals surface area contributed by atoms with E-state index in [0.717, 1.165) is 17.1 Å². The minimum Gasteiger partial charge on any atom is -0.465 e. The van der Waals surface area contributed by atoms with Crippen LogP contribution in [-0.4, -0.2) is 51.8 Å². The standard InChI is InChI=1S/C24H24N4O4S/c1-3-32-20(29)15-28-22(21(26-24(28)33)18-10-4-5-12-25-18)19-11-7-13-27(19)17-9-6-8-16(14-17)23(30)31-2/h4-14,21-22H,3,15H2,1-2H3,(H,26,33). The van der Waals surface area contributed by atoms with Crippen LogP contribution in [0.1, 0.15) is 40.8 Å². The van der Waals surface area contributed by atoms with Crippen LogP contribution in [0.4, 0.5) is 0 Å². The van der Waals surface area contributed by atoms with Gasteiger partial charge in [0.25, 0.3) is 0 Å². The topological polar surface area (TPSA) is 85.7 Å². The molecule has 1 fully saturated rings. The molecule has 3 heterocycles. The molecule has 2 aromatic heterocycles. The van der Waals surface area contributed by atoms with Crippen LogP contribution in [0.25, 0.3) is 5.69 Å². The van der Waals surface area contributed by atoms with Gasteiger partial charge in [0.2, 0.25) is 0 Å². The Labute approximate surface area is 197 Å². The molecule has 1 aromatic carbocycles. The maximum Gasteiger partial charge on any atom is 0.337 e. The van der Waals surface area contributed by atoms with Gasteiger partial charge in [0.05, 0.1) is 37.1 Å². The highest BCUT2D eigenvalue weighted by Crippen LogP contribution is 2.39. The first-order valence-electron chi connectivity index (χ1n) is 10.5. The van der Waals surface area contributed by atoms with Crippen molar-refractivity contribution >= 4 is 29.3 Å². The molecule has 0 radical (unpaired) electrons. The van der Waals surface area contributed by atoms with Gasteiger partial charge in [-0.3, -0.25) is 9.78 Å². The minimum atomic E-state index is -0.412. The zero-order valence-electron chi connectivity index (χ0n) is 18.3. The number of hydrogen-bond donors (Lipinski definition) is 1. The maximum absolute atomic E-state index is 12.4. The Morgan fingerprint density at radius 1 is 1.15 bits per heavy atom. The van der Waals surface area contributed by atoms with Crippen LogP contribution in [0.2, 0.25) is 0 Å². The number of methoxy groups -OCH3 is 1. The summed E-state index contributed by atoms with van der Waals surface area (Å²) in [6, 6.07) is 16.1. The van der Waals surface area contributed by atoms with Crippen LogP contribution in [-0.2, 0) is 14.3 Å². The lowest BCUT2D eigenvalue weighted by Crippen LogP contribution is -2.36. The van der Waals surface area contributed by atoms with E-state index in [1.54, 1.807) is 31.3 Å². The highest BCUT2D eigenvalue weighted by atomic mass is 32.1. The average Bonchev–Trinajstić information content (AvgIpc) is 3.44. The van der Waals surface area contributed by atoms with E-state index in [4.69, 9.17) is 21.7 Å². The van der Waals surface area contributed by atoms with Gasteiger partial charge in [0.1, 0.15) is 6.54 Å². The predicted octanol–water partition coefficient (Wildman–Crippen LogP) is 3.19. The van der Waals surface area contributed by atoms with Gasteiger partial charge in [0.15, 0.2) is 5.11 Å². The van der Waals surface area contributed by atoms with E-state index < -0.39 is 5.97 Å². The number of nitrogens with one attached hydrogen (secondary N) is 1. The normalized spacial score (nSPS) is 17.5.